The fraction of sp³-hybridized carbons (Fsp3) is 0.211. The Labute approximate surface area is 137 Å². The van der Waals surface area contributed by atoms with Gasteiger partial charge in [-0.15, -0.1) is 0 Å². The molecule has 0 fully saturated rings. The van der Waals surface area contributed by atoms with E-state index in [0.29, 0.717) is 5.75 Å². The molecule has 0 aliphatic heterocycles. The van der Waals surface area contributed by atoms with Crippen LogP contribution in [0.5, 0.6) is 11.5 Å². The summed E-state index contributed by atoms with van der Waals surface area (Å²) >= 11 is 0. The number of nitrogens with one attached hydrogen (secondary N) is 1. The minimum absolute atomic E-state index is 0.195. The summed E-state index contributed by atoms with van der Waals surface area (Å²) in [5.41, 5.74) is 1.88. The van der Waals surface area contributed by atoms with Crippen molar-refractivity contribution >= 4 is 5.69 Å². The number of rotatable bonds is 6. The topological polar surface area (TPSA) is 54.3 Å². The lowest BCUT2D eigenvalue weighted by Gasteiger charge is -2.14. The number of nitrogens with zero attached hydrogens (tertiary/aromatic N) is 1. The Balaban J connectivity index is 2.20. The van der Waals surface area contributed by atoms with Gasteiger partial charge in [0, 0.05) is 11.3 Å². The third-order valence-corrected chi connectivity index (χ3v) is 3.31. The zero-order chi connectivity index (χ0) is 16.7. The predicted octanol–water partition coefficient (Wildman–Crippen LogP) is 4.67. The summed E-state index contributed by atoms with van der Waals surface area (Å²) in [7, 11) is 1.63. The molecule has 2 aromatic rings. The van der Waals surface area contributed by atoms with Gasteiger partial charge >= 0.3 is 0 Å². The molecule has 2 aromatic carbocycles. The lowest BCUT2D eigenvalue weighted by molar-refractivity contribution is 0.408. The molecule has 0 saturated heterocycles. The molecule has 0 aliphatic rings. The van der Waals surface area contributed by atoms with Gasteiger partial charge in [-0.25, -0.2) is 0 Å². The highest BCUT2D eigenvalue weighted by Gasteiger charge is 2.11. The van der Waals surface area contributed by atoms with Crippen LogP contribution in [0, 0.1) is 11.3 Å². The van der Waals surface area contributed by atoms with E-state index in [1.807, 2.05) is 48.5 Å². The van der Waals surface area contributed by atoms with Gasteiger partial charge in [0.15, 0.2) is 0 Å². The first-order chi connectivity index (χ1) is 11.1. The fourth-order valence-corrected chi connectivity index (χ4v) is 2.08. The monoisotopic (exact) mass is 308 g/mol. The second-order valence-electron chi connectivity index (χ2n) is 5.29. The number of benzene rings is 2. The van der Waals surface area contributed by atoms with Gasteiger partial charge in [0.25, 0.3) is 0 Å². The molecule has 0 aromatic heterocycles. The van der Waals surface area contributed by atoms with Crippen molar-refractivity contribution in [3.63, 3.8) is 0 Å². The van der Waals surface area contributed by atoms with Crippen LogP contribution < -0.4 is 14.8 Å². The minimum atomic E-state index is 0.195. The molecule has 1 N–H and O–H groups in total. The largest absolute Gasteiger partial charge is 0.497 e. The highest BCUT2D eigenvalue weighted by Crippen LogP contribution is 2.31. The van der Waals surface area contributed by atoms with Crippen LogP contribution in [0.15, 0.2) is 60.5 Å². The Morgan fingerprint density at radius 2 is 1.91 bits per heavy atom. The Morgan fingerprint density at radius 3 is 2.52 bits per heavy atom. The lowest BCUT2D eigenvalue weighted by atomic mass is 10.0. The van der Waals surface area contributed by atoms with Crippen LogP contribution in [0.3, 0.4) is 0 Å². The quantitative estimate of drug-likeness (QED) is 0.622. The number of anilines is 1. The first-order valence-corrected chi connectivity index (χ1v) is 7.41. The van der Waals surface area contributed by atoms with Crippen molar-refractivity contribution in [1.82, 2.24) is 0 Å². The average molecular weight is 308 g/mol. The van der Waals surface area contributed by atoms with E-state index in [1.165, 1.54) is 0 Å². The van der Waals surface area contributed by atoms with Crippen LogP contribution in [0.2, 0.25) is 0 Å². The van der Waals surface area contributed by atoms with Crippen molar-refractivity contribution in [2.45, 2.75) is 19.8 Å². The Morgan fingerprint density at radius 1 is 1.17 bits per heavy atom. The summed E-state index contributed by atoms with van der Waals surface area (Å²) in [5, 5.41) is 12.3. The van der Waals surface area contributed by atoms with E-state index >= 15 is 0 Å². The second kappa shape index (κ2) is 7.90. The van der Waals surface area contributed by atoms with Crippen LogP contribution in [0.4, 0.5) is 5.69 Å². The van der Waals surface area contributed by atoms with Crippen molar-refractivity contribution < 1.29 is 9.47 Å². The molecule has 0 unspecified atom stereocenters. The minimum Gasteiger partial charge on any atom is -0.497 e. The Hall–Kier alpha value is -2.93. The predicted molar refractivity (Wildman–Crippen MR) is 91.5 cm³/mol. The number of methoxy groups -OCH3 is 1. The number of hydrogen-bond acceptors (Lipinski definition) is 4. The van der Waals surface area contributed by atoms with Crippen LogP contribution in [0.25, 0.3) is 0 Å². The van der Waals surface area contributed by atoms with E-state index in [1.54, 1.807) is 13.3 Å². The van der Waals surface area contributed by atoms with Crippen LogP contribution in [-0.2, 0) is 0 Å². The lowest BCUT2D eigenvalue weighted by Crippen LogP contribution is -2.01. The van der Waals surface area contributed by atoms with Gasteiger partial charge in [0.2, 0.25) is 5.76 Å². The zero-order valence-corrected chi connectivity index (χ0v) is 13.5. The molecular weight excluding hydrogens is 288 g/mol. The summed E-state index contributed by atoms with van der Waals surface area (Å²) in [6, 6.07) is 17.2. The van der Waals surface area contributed by atoms with E-state index in [0.717, 1.165) is 17.0 Å². The van der Waals surface area contributed by atoms with E-state index in [2.05, 4.69) is 25.2 Å². The normalized spacial score (nSPS) is 11.0. The zero-order valence-electron chi connectivity index (χ0n) is 13.5. The smallest absolute Gasteiger partial charge is 0.219 e. The third-order valence-electron chi connectivity index (χ3n) is 3.31. The molecule has 0 radical (unpaired) electrons. The fourth-order valence-electron chi connectivity index (χ4n) is 2.08. The van der Waals surface area contributed by atoms with Crippen molar-refractivity contribution in [3.8, 4) is 17.6 Å². The molecule has 118 valence electrons. The average Bonchev–Trinajstić information content (AvgIpc) is 2.59. The molecular formula is C19H20N2O2. The highest BCUT2D eigenvalue weighted by atomic mass is 16.5. The number of para-hydroxylation sites is 1. The molecule has 0 bridgehead atoms. The maximum atomic E-state index is 9.29. The maximum Gasteiger partial charge on any atom is 0.219 e. The summed E-state index contributed by atoms with van der Waals surface area (Å²) in [6.07, 6.45) is 1.56. The summed E-state index contributed by atoms with van der Waals surface area (Å²) < 4.78 is 11.0. The Kier molecular flexibility index (Phi) is 5.65. The first-order valence-electron chi connectivity index (χ1n) is 7.41. The third kappa shape index (κ3) is 4.52. The molecule has 23 heavy (non-hydrogen) atoms. The molecule has 0 atom stereocenters. The second-order valence-corrected chi connectivity index (χ2v) is 5.29. The summed E-state index contributed by atoms with van der Waals surface area (Å²) in [6.45, 7) is 4.14. The van der Waals surface area contributed by atoms with Gasteiger partial charge in [-0.05, 0) is 36.2 Å². The SMILES string of the molecule is COc1ccc(O/C(C#N)=C/Nc2ccccc2)c(C(C)C)c1. The van der Waals surface area contributed by atoms with E-state index in [9.17, 15) is 5.26 Å². The van der Waals surface area contributed by atoms with Crippen molar-refractivity contribution in [2.75, 3.05) is 12.4 Å². The number of hydrogen-bond donors (Lipinski definition) is 1. The first kappa shape index (κ1) is 16.4. The highest BCUT2D eigenvalue weighted by molar-refractivity contribution is 5.47. The van der Waals surface area contributed by atoms with Crippen LogP contribution >= 0.6 is 0 Å². The van der Waals surface area contributed by atoms with E-state index in [-0.39, 0.29) is 11.7 Å². The van der Waals surface area contributed by atoms with Crippen molar-refractivity contribution in [2.24, 2.45) is 0 Å². The van der Waals surface area contributed by atoms with Crippen LogP contribution in [-0.4, -0.2) is 7.11 Å². The molecule has 2 rings (SSSR count). The molecule has 0 amide bonds. The van der Waals surface area contributed by atoms with Gasteiger partial charge < -0.3 is 14.8 Å². The number of allylic oxidation sites excluding steroid dienone is 1. The molecule has 0 heterocycles. The molecule has 0 aliphatic carbocycles. The standard InChI is InChI=1S/C19H20N2O2/c1-14(2)18-11-16(22-3)9-10-19(18)23-17(12-20)13-21-15-7-5-4-6-8-15/h4-11,13-14,21H,1-3H3/b17-13+. The molecule has 4 heteroatoms. The summed E-state index contributed by atoms with van der Waals surface area (Å²) in [4.78, 5) is 0. The van der Waals surface area contributed by atoms with Crippen molar-refractivity contribution in [1.29, 1.82) is 5.26 Å². The van der Waals surface area contributed by atoms with Gasteiger partial charge in [-0.1, -0.05) is 32.0 Å². The van der Waals surface area contributed by atoms with E-state index in [4.69, 9.17) is 9.47 Å². The number of nitriles is 1. The summed E-state index contributed by atoms with van der Waals surface area (Å²) in [5.74, 6) is 1.87. The molecule has 0 spiro atoms. The molecule has 4 nitrogen and oxygen atoms in total. The maximum absolute atomic E-state index is 9.29. The number of ether oxygens (including phenoxy) is 2. The Bertz CT molecular complexity index is 716. The van der Waals surface area contributed by atoms with Crippen LogP contribution in [0.1, 0.15) is 25.3 Å². The van der Waals surface area contributed by atoms with Gasteiger partial charge in [-0.2, -0.15) is 5.26 Å². The van der Waals surface area contributed by atoms with Gasteiger partial charge in [0.1, 0.15) is 17.6 Å². The van der Waals surface area contributed by atoms with E-state index < -0.39 is 0 Å². The van der Waals surface area contributed by atoms with Crippen molar-refractivity contribution in [3.05, 3.63) is 66.1 Å². The van der Waals surface area contributed by atoms with Gasteiger partial charge in [0.05, 0.1) is 13.3 Å². The molecule has 0 saturated carbocycles. The van der Waals surface area contributed by atoms with Gasteiger partial charge in [-0.3, -0.25) is 0 Å².